The summed E-state index contributed by atoms with van der Waals surface area (Å²) in [5.41, 5.74) is 5.67. The van der Waals surface area contributed by atoms with E-state index in [9.17, 15) is 9.90 Å². The van der Waals surface area contributed by atoms with Crippen LogP contribution in [0, 0.1) is 0 Å². The number of carbonyl (C=O) groups is 1. The van der Waals surface area contributed by atoms with Crippen molar-refractivity contribution in [2.45, 2.75) is 6.54 Å². The number of phenols is 1. The minimum Gasteiger partial charge on any atom is -0.507 e. The Balaban J connectivity index is 1.58. The van der Waals surface area contributed by atoms with E-state index in [1.807, 2.05) is 42.6 Å². The SMILES string of the molecule is O=C(N/N=C/c1cn(Cc2ccccc2)c2ccccc12)c1cc(Cl)ccc1O. The van der Waals surface area contributed by atoms with Crippen molar-refractivity contribution in [3.05, 3.63) is 101 Å². The van der Waals surface area contributed by atoms with Crippen LogP contribution in [0.2, 0.25) is 5.02 Å². The molecule has 0 aliphatic carbocycles. The molecule has 0 saturated carbocycles. The summed E-state index contributed by atoms with van der Waals surface area (Å²) in [7, 11) is 0. The number of aromatic nitrogens is 1. The lowest BCUT2D eigenvalue weighted by Crippen LogP contribution is -2.17. The Hall–Kier alpha value is -3.57. The van der Waals surface area contributed by atoms with Crippen LogP contribution in [0.4, 0.5) is 0 Å². The first-order chi connectivity index (χ1) is 14.1. The van der Waals surface area contributed by atoms with E-state index >= 15 is 0 Å². The second-order valence-corrected chi connectivity index (χ2v) is 7.01. The van der Waals surface area contributed by atoms with Gasteiger partial charge in [-0.3, -0.25) is 4.79 Å². The van der Waals surface area contributed by atoms with Crippen LogP contribution in [0.25, 0.3) is 10.9 Å². The third-order valence-electron chi connectivity index (χ3n) is 4.59. The fourth-order valence-electron chi connectivity index (χ4n) is 3.20. The predicted molar refractivity (Wildman–Crippen MR) is 116 cm³/mol. The van der Waals surface area contributed by atoms with Gasteiger partial charge in [0.05, 0.1) is 11.8 Å². The molecular formula is C23H18ClN3O2. The molecule has 4 aromatic rings. The van der Waals surface area contributed by atoms with Gasteiger partial charge in [0.25, 0.3) is 5.91 Å². The van der Waals surface area contributed by atoms with Crippen molar-refractivity contribution in [2.75, 3.05) is 0 Å². The Labute approximate surface area is 172 Å². The molecule has 4 rings (SSSR count). The number of aromatic hydroxyl groups is 1. The summed E-state index contributed by atoms with van der Waals surface area (Å²) in [5.74, 6) is -0.684. The van der Waals surface area contributed by atoms with Crippen LogP contribution in [0.1, 0.15) is 21.5 Å². The van der Waals surface area contributed by atoms with Crippen molar-refractivity contribution in [3.8, 4) is 5.75 Å². The molecule has 144 valence electrons. The number of nitrogens with one attached hydrogen (secondary N) is 1. The van der Waals surface area contributed by atoms with Gasteiger partial charge in [0, 0.05) is 34.2 Å². The topological polar surface area (TPSA) is 66.6 Å². The summed E-state index contributed by atoms with van der Waals surface area (Å²) in [4.78, 5) is 12.3. The number of halogens is 1. The van der Waals surface area contributed by atoms with Crippen molar-refractivity contribution in [2.24, 2.45) is 5.10 Å². The summed E-state index contributed by atoms with van der Waals surface area (Å²) in [6.07, 6.45) is 3.60. The van der Waals surface area contributed by atoms with Crippen LogP contribution in [0.15, 0.2) is 84.1 Å². The molecule has 0 atom stereocenters. The molecule has 6 heteroatoms. The minimum absolute atomic E-state index is 0.0705. The highest BCUT2D eigenvalue weighted by Crippen LogP contribution is 2.22. The van der Waals surface area contributed by atoms with Crippen molar-refractivity contribution < 1.29 is 9.90 Å². The third-order valence-corrected chi connectivity index (χ3v) is 4.82. The van der Waals surface area contributed by atoms with Crippen LogP contribution < -0.4 is 5.43 Å². The molecule has 3 aromatic carbocycles. The largest absolute Gasteiger partial charge is 0.507 e. The van der Waals surface area contributed by atoms with Crippen molar-refractivity contribution in [3.63, 3.8) is 0 Å². The molecule has 0 aliphatic rings. The first kappa shape index (κ1) is 18.8. The first-order valence-corrected chi connectivity index (χ1v) is 9.43. The molecule has 5 nitrogen and oxygen atoms in total. The summed E-state index contributed by atoms with van der Waals surface area (Å²) in [5, 5.41) is 15.3. The fraction of sp³-hybridized carbons (Fsp3) is 0.0435. The van der Waals surface area contributed by atoms with E-state index < -0.39 is 5.91 Å². The normalized spacial score (nSPS) is 11.2. The lowest BCUT2D eigenvalue weighted by Gasteiger charge is -2.05. The molecule has 0 bridgehead atoms. The van der Waals surface area contributed by atoms with Crippen molar-refractivity contribution in [1.82, 2.24) is 9.99 Å². The molecule has 0 aliphatic heterocycles. The van der Waals surface area contributed by atoms with Gasteiger partial charge in [-0.25, -0.2) is 5.43 Å². The number of hydrazone groups is 1. The monoisotopic (exact) mass is 403 g/mol. The van der Waals surface area contributed by atoms with E-state index in [0.29, 0.717) is 5.02 Å². The third kappa shape index (κ3) is 4.15. The van der Waals surface area contributed by atoms with Gasteiger partial charge in [-0.2, -0.15) is 5.10 Å². The van der Waals surface area contributed by atoms with E-state index in [0.717, 1.165) is 23.0 Å². The summed E-state index contributed by atoms with van der Waals surface area (Å²) in [6, 6.07) is 22.5. The van der Waals surface area contributed by atoms with Gasteiger partial charge in [-0.05, 0) is 29.8 Å². The molecule has 0 fully saturated rings. The highest BCUT2D eigenvalue weighted by atomic mass is 35.5. The maximum Gasteiger partial charge on any atom is 0.275 e. The number of phenolic OH excluding ortho intramolecular Hbond substituents is 1. The van der Waals surface area contributed by atoms with Crippen LogP contribution in [-0.4, -0.2) is 21.8 Å². The van der Waals surface area contributed by atoms with Gasteiger partial charge >= 0.3 is 0 Å². The maximum atomic E-state index is 12.3. The van der Waals surface area contributed by atoms with Crippen LogP contribution in [0.3, 0.4) is 0 Å². The molecule has 2 N–H and O–H groups in total. The highest BCUT2D eigenvalue weighted by molar-refractivity contribution is 6.31. The van der Waals surface area contributed by atoms with Gasteiger partial charge in [0.2, 0.25) is 0 Å². The second-order valence-electron chi connectivity index (χ2n) is 6.58. The molecule has 1 aromatic heterocycles. The standard InChI is InChI=1S/C23H18ClN3O2/c24-18-10-11-22(28)20(12-18)23(29)26-25-13-17-15-27(14-16-6-2-1-3-7-16)21-9-5-4-8-19(17)21/h1-13,15,28H,14H2,(H,26,29)/b25-13+. The average Bonchev–Trinajstić information content (AvgIpc) is 3.08. The number of hydrogen-bond acceptors (Lipinski definition) is 3. The Bertz CT molecular complexity index is 1200. The number of amides is 1. The number of fused-ring (bicyclic) bond motifs is 1. The van der Waals surface area contributed by atoms with E-state index in [1.54, 1.807) is 6.21 Å². The number of nitrogens with zero attached hydrogens (tertiary/aromatic N) is 2. The number of para-hydroxylation sites is 1. The summed E-state index contributed by atoms with van der Waals surface area (Å²) < 4.78 is 2.15. The zero-order valence-electron chi connectivity index (χ0n) is 15.4. The lowest BCUT2D eigenvalue weighted by molar-refractivity contribution is 0.0952. The number of hydrogen-bond donors (Lipinski definition) is 2. The first-order valence-electron chi connectivity index (χ1n) is 9.05. The number of rotatable bonds is 5. The predicted octanol–water partition coefficient (Wildman–Crippen LogP) is 4.81. The molecule has 29 heavy (non-hydrogen) atoms. The van der Waals surface area contributed by atoms with Crippen LogP contribution >= 0.6 is 11.6 Å². The van der Waals surface area contributed by atoms with Crippen LogP contribution in [0.5, 0.6) is 5.75 Å². The van der Waals surface area contributed by atoms with Gasteiger partial charge < -0.3 is 9.67 Å². The summed E-state index contributed by atoms with van der Waals surface area (Å²) in [6.45, 7) is 0.734. The maximum absolute atomic E-state index is 12.3. The van der Waals surface area contributed by atoms with E-state index in [1.165, 1.54) is 23.8 Å². The molecule has 0 spiro atoms. The van der Waals surface area contributed by atoms with Gasteiger partial charge in [-0.15, -0.1) is 0 Å². The van der Waals surface area contributed by atoms with E-state index in [4.69, 9.17) is 11.6 Å². The zero-order chi connectivity index (χ0) is 20.2. The second kappa shape index (κ2) is 8.20. The van der Waals surface area contributed by atoms with Crippen molar-refractivity contribution in [1.29, 1.82) is 0 Å². The molecular weight excluding hydrogens is 386 g/mol. The molecule has 0 saturated heterocycles. The van der Waals surface area contributed by atoms with Crippen molar-refractivity contribution >= 4 is 34.6 Å². The summed E-state index contributed by atoms with van der Waals surface area (Å²) >= 11 is 5.89. The Morgan fingerprint density at radius 3 is 2.66 bits per heavy atom. The lowest BCUT2D eigenvalue weighted by atomic mass is 10.2. The highest BCUT2D eigenvalue weighted by Gasteiger charge is 2.11. The Morgan fingerprint density at radius 2 is 1.83 bits per heavy atom. The van der Waals surface area contributed by atoms with Gasteiger partial charge in [0.15, 0.2) is 0 Å². The zero-order valence-corrected chi connectivity index (χ0v) is 16.2. The molecule has 0 radical (unpaired) electrons. The average molecular weight is 404 g/mol. The molecule has 1 amide bonds. The smallest absolute Gasteiger partial charge is 0.275 e. The molecule has 0 unspecified atom stereocenters. The Morgan fingerprint density at radius 1 is 1.07 bits per heavy atom. The molecule has 1 heterocycles. The Kier molecular flexibility index (Phi) is 5.31. The minimum atomic E-state index is -0.533. The van der Waals surface area contributed by atoms with Gasteiger partial charge in [-0.1, -0.05) is 60.1 Å². The quantitative estimate of drug-likeness (QED) is 0.371. The number of benzene rings is 3. The van der Waals surface area contributed by atoms with Crippen LogP contribution in [-0.2, 0) is 6.54 Å². The van der Waals surface area contributed by atoms with E-state index in [-0.39, 0.29) is 11.3 Å². The fourth-order valence-corrected chi connectivity index (χ4v) is 3.37. The number of carbonyl (C=O) groups excluding carboxylic acids is 1. The van der Waals surface area contributed by atoms with E-state index in [2.05, 4.69) is 33.3 Å². The van der Waals surface area contributed by atoms with Gasteiger partial charge in [0.1, 0.15) is 5.75 Å².